The molecule has 1 N–H and O–H groups in total. The van der Waals surface area contributed by atoms with Crippen molar-refractivity contribution in [1.82, 2.24) is 9.55 Å². The Labute approximate surface area is 175 Å². The van der Waals surface area contributed by atoms with Crippen molar-refractivity contribution < 1.29 is 13.9 Å². The summed E-state index contributed by atoms with van der Waals surface area (Å²) in [6.07, 6.45) is 1.26. The second-order valence-electron chi connectivity index (χ2n) is 6.42. The molecular weight excluding hydrogens is 409 g/mol. The molecule has 4 aromatic rings. The largest absolute Gasteiger partial charge is 0.454 e. The summed E-state index contributed by atoms with van der Waals surface area (Å²) < 4.78 is 20.4. The maximum absolute atomic E-state index is 13.5. The fourth-order valence-electron chi connectivity index (χ4n) is 2.89. The first-order valence-corrected chi connectivity index (χ1v) is 9.35. The van der Waals surface area contributed by atoms with Crippen molar-refractivity contribution in [3.63, 3.8) is 0 Å². The molecule has 0 saturated heterocycles. The molecule has 0 saturated carbocycles. The summed E-state index contributed by atoms with van der Waals surface area (Å²) in [5.74, 6) is -0.179. The van der Waals surface area contributed by atoms with Crippen LogP contribution in [0.2, 0.25) is 5.02 Å². The summed E-state index contributed by atoms with van der Waals surface area (Å²) in [7, 11) is 0. The van der Waals surface area contributed by atoms with Crippen LogP contribution in [0.1, 0.15) is 0 Å². The van der Waals surface area contributed by atoms with Gasteiger partial charge in [-0.3, -0.25) is 14.2 Å². The number of hydrogen-bond acceptors (Lipinski definition) is 4. The van der Waals surface area contributed by atoms with E-state index in [0.717, 1.165) is 10.6 Å². The number of aromatic nitrogens is 2. The quantitative estimate of drug-likeness (QED) is 0.508. The first-order chi connectivity index (χ1) is 14.5. The molecule has 0 aliphatic rings. The number of fused-ring (bicyclic) bond motifs is 1. The number of carbonyl (C=O) groups excluding carboxylic acids is 1. The number of carbonyl (C=O) groups is 1. The van der Waals surface area contributed by atoms with Crippen LogP contribution in [0.3, 0.4) is 0 Å². The van der Waals surface area contributed by atoms with E-state index < -0.39 is 17.3 Å². The van der Waals surface area contributed by atoms with E-state index in [9.17, 15) is 14.0 Å². The van der Waals surface area contributed by atoms with Crippen molar-refractivity contribution in [2.75, 3.05) is 5.32 Å². The zero-order valence-electron chi connectivity index (χ0n) is 15.5. The van der Waals surface area contributed by atoms with Crippen LogP contribution in [-0.4, -0.2) is 15.5 Å². The van der Waals surface area contributed by atoms with Crippen LogP contribution < -0.4 is 15.6 Å². The van der Waals surface area contributed by atoms with E-state index in [2.05, 4.69) is 10.3 Å². The molecule has 0 bridgehead atoms. The van der Waals surface area contributed by atoms with Gasteiger partial charge in [0.25, 0.3) is 5.56 Å². The Hall–Kier alpha value is -3.71. The highest BCUT2D eigenvalue weighted by Crippen LogP contribution is 2.33. The summed E-state index contributed by atoms with van der Waals surface area (Å²) in [4.78, 5) is 29.2. The molecule has 0 unspecified atom stereocenters. The van der Waals surface area contributed by atoms with Crippen molar-refractivity contribution in [1.29, 1.82) is 0 Å². The number of para-hydroxylation sites is 3. The number of ether oxygens (including phenoxy) is 1. The smallest absolute Gasteiger partial charge is 0.261 e. The third-order valence-corrected chi connectivity index (χ3v) is 4.63. The molecule has 0 fully saturated rings. The monoisotopic (exact) mass is 423 g/mol. The molecule has 4 rings (SSSR count). The molecule has 0 aliphatic carbocycles. The molecule has 0 radical (unpaired) electrons. The summed E-state index contributed by atoms with van der Waals surface area (Å²) in [6.45, 7) is -0.293. The number of hydrogen-bond donors (Lipinski definition) is 1. The number of halogens is 2. The zero-order chi connectivity index (χ0) is 21.1. The molecule has 1 aromatic heterocycles. The van der Waals surface area contributed by atoms with Gasteiger partial charge < -0.3 is 10.1 Å². The molecule has 0 atom stereocenters. The molecule has 30 heavy (non-hydrogen) atoms. The van der Waals surface area contributed by atoms with Gasteiger partial charge in [0.2, 0.25) is 5.91 Å². The highest BCUT2D eigenvalue weighted by molar-refractivity contribution is 6.32. The standard InChI is InChI=1S/C22H15ClFN3O3/c23-16-5-1-3-7-19(16)30-20-8-4-2-6-18(20)26-21(28)12-27-13-25-17-10-9-14(24)11-15(17)22(27)29/h1-11,13H,12H2,(H,26,28). The third kappa shape index (κ3) is 4.16. The fraction of sp³-hybridized carbons (Fsp3) is 0.0455. The molecule has 6 nitrogen and oxygen atoms in total. The van der Waals surface area contributed by atoms with Crippen LogP contribution in [-0.2, 0) is 11.3 Å². The molecule has 3 aromatic carbocycles. The molecule has 8 heteroatoms. The Morgan fingerprint density at radius 3 is 2.60 bits per heavy atom. The Balaban J connectivity index is 1.55. The Kier molecular flexibility index (Phi) is 5.45. The summed E-state index contributed by atoms with van der Waals surface area (Å²) >= 11 is 6.13. The topological polar surface area (TPSA) is 73.2 Å². The molecule has 1 amide bonds. The van der Waals surface area contributed by atoms with Gasteiger partial charge in [-0.05, 0) is 42.5 Å². The van der Waals surface area contributed by atoms with Crippen molar-refractivity contribution in [3.05, 3.63) is 94.3 Å². The van der Waals surface area contributed by atoms with Gasteiger partial charge in [-0.15, -0.1) is 0 Å². The highest BCUT2D eigenvalue weighted by Gasteiger charge is 2.12. The summed E-state index contributed by atoms with van der Waals surface area (Å²) in [5, 5.41) is 3.25. The van der Waals surface area contributed by atoms with E-state index in [1.54, 1.807) is 48.5 Å². The predicted octanol–water partition coefficient (Wildman–Crippen LogP) is 4.62. The second-order valence-corrected chi connectivity index (χ2v) is 6.82. The fourth-order valence-corrected chi connectivity index (χ4v) is 3.07. The molecule has 0 spiro atoms. The Morgan fingerprint density at radius 2 is 1.80 bits per heavy atom. The van der Waals surface area contributed by atoms with Crippen LogP contribution in [0.25, 0.3) is 10.9 Å². The van der Waals surface area contributed by atoms with E-state index in [4.69, 9.17) is 16.3 Å². The van der Waals surface area contributed by atoms with E-state index in [-0.39, 0.29) is 11.9 Å². The van der Waals surface area contributed by atoms with Gasteiger partial charge in [0.1, 0.15) is 18.1 Å². The van der Waals surface area contributed by atoms with Crippen molar-refractivity contribution in [2.24, 2.45) is 0 Å². The lowest BCUT2D eigenvalue weighted by Crippen LogP contribution is -2.28. The van der Waals surface area contributed by atoms with E-state index in [1.165, 1.54) is 18.5 Å². The number of amides is 1. The van der Waals surface area contributed by atoms with Gasteiger partial charge in [-0.1, -0.05) is 35.9 Å². The lowest BCUT2D eigenvalue weighted by Gasteiger charge is -2.13. The van der Waals surface area contributed by atoms with Crippen LogP contribution in [0.15, 0.2) is 77.9 Å². The lowest BCUT2D eigenvalue weighted by molar-refractivity contribution is -0.116. The van der Waals surface area contributed by atoms with Gasteiger partial charge in [-0.2, -0.15) is 0 Å². The SMILES string of the molecule is O=C(Cn1cnc2ccc(F)cc2c1=O)Nc1ccccc1Oc1ccccc1Cl. The Bertz CT molecular complexity index is 1310. The van der Waals surface area contributed by atoms with Gasteiger partial charge in [0.15, 0.2) is 5.75 Å². The van der Waals surface area contributed by atoms with Crippen LogP contribution in [0, 0.1) is 5.82 Å². The number of anilines is 1. The molecular formula is C22H15ClFN3O3. The predicted molar refractivity (Wildman–Crippen MR) is 113 cm³/mol. The lowest BCUT2D eigenvalue weighted by atomic mass is 10.2. The van der Waals surface area contributed by atoms with Crippen molar-refractivity contribution in [2.45, 2.75) is 6.54 Å². The average Bonchev–Trinajstić information content (AvgIpc) is 2.73. The molecule has 0 aliphatic heterocycles. The normalized spacial score (nSPS) is 10.7. The van der Waals surface area contributed by atoms with Crippen molar-refractivity contribution in [3.8, 4) is 11.5 Å². The number of benzene rings is 3. The van der Waals surface area contributed by atoms with Crippen LogP contribution in [0.5, 0.6) is 11.5 Å². The molecule has 150 valence electrons. The van der Waals surface area contributed by atoms with Crippen LogP contribution in [0.4, 0.5) is 10.1 Å². The van der Waals surface area contributed by atoms with Gasteiger partial charge >= 0.3 is 0 Å². The van der Waals surface area contributed by atoms with E-state index >= 15 is 0 Å². The van der Waals surface area contributed by atoms with Gasteiger partial charge in [-0.25, -0.2) is 9.37 Å². The minimum absolute atomic E-state index is 0.104. The second kappa shape index (κ2) is 8.34. The summed E-state index contributed by atoms with van der Waals surface area (Å²) in [6, 6.07) is 17.6. The van der Waals surface area contributed by atoms with Crippen molar-refractivity contribution >= 4 is 34.1 Å². The number of nitrogens with one attached hydrogen (secondary N) is 1. The first-order valence-electron chi connectivity index (χ1n) is 8.97. The third-order valence-electron chi connectivity index (χ3n) is 4.32. The minimum atomic E-state index is -0.547. The maximum Gasteiger partial charge on any atom is 0.261 e. The number of nitrogens with zero attached hydrogens (tertiary/aromatic N) is 2. The minimum Gasteiger partial charge on any atom is -0.454 e. The van der Waals surface area contributed by atoms with Gasteiger partial charge in [0.05, 0.1) is 27.9 Å². The zero-order valence-corrected chi connectivity index (χ0v) is 16.3. The first kappa shape index (κ1) is 19.6. The van der Waals surface area contributed by atoms with E-state index in [0.29, 0.717) is 27.7 Å². The Morgan fingerprint density at radius 1 is 1.07 bits per heavy atom. The summed E-state index contributed by atoms with van der Waals surface area (Å²) in [5.41, 5.74) is 0.266. The van der Waals surface area contributed by atoms with Crippen LogP contribution >= 0.6 is 11.6 Å². The maximum atomic E-state index is 13.5. The van der Waals surface area contributed by atoms with Gasteiger partial charge in [0, 0.05) is 0 Å². The highest BCUT2D eigenvalue weighted by atomic mass is 35.5. The van der Waals surface area contributed by atoms with E-state index in [1.807, 2.05) is 0 Å². The molecule has 1 heterocycles. The number of rotatable bonds is 5. The average molecular weight is 424 g/mol.